The molecule has 0 unspecified atom stereocenters. The van der Waals surface area contributed by atoms with Gasteiger partial charge in [0.1, 0.15) is 0 Å². The SMILES string of the molecule is CC(C)SOCCCCSCC(=O)NS(=O)(=O)C(F)(F)F. The average Bonchev–Trinajstić information content (AvgIpc) is 2.30. The number of amides is 1. The Hall–Kier alpha value is -0.130. The highest BCUT2D eigenvalue weighted by molar-refractivity contribution is 8.00. The molecule has 11 heteroatoms. The fraction of sp³-hybridized carbons (Fsp3) is 0.900. The lowest BCUT2D eigenvalue weighted by Gasteiger charge is -2.09. The molecule has 0 aromatic heterocycles. The lowest BCUT2D eigenvalue weighted by atomic mass is 10.4. The molecule has 0 saturated heterocycles. The average molecular weight is 369 g/mol. The number of hydrogen-bond acceptors (Lipinski definition) is 6. The maximum Gasteiger partial charge on any atom is 0.516 e. The summed E-state index contributed by atoms with van der Waals surface area (Å²) in [6.45, 7) is 4.54. The van der Waals surface area contributed by atoms with Crippen molar-refractivity contribution in [3.8, 4) is 0 Å². The Morgan fingerprint density at radius 1 is 1.29 bits per heavy atom. The predicted molar refractivity (Wildman–Crippen MR) is 78.4 cm³/mol. The van der Waals surface area contributed by atoms with Gasteiger partial charge in [-0.15, -0.1) is 0 Å². The lowest BCUT2D eigenvalue weighted by Crippen LogP contribution is -2.41. The molecule has 5 nitrogen and oxygen atoms in total. The number of thioether (sulfide) groups is 1. The quantitative estimate of drug-likeness (QED) is 0.471. The maximum atomic E-state index is 12.0. The Morgan fingerprint density at radius 2 is 1.90 bits per heavy atom. The minimum atomic E-state index is -5.60. The lowest BCUT2D eigenvalue weighted by molar-refractivity contribution is -0.117. The van der Waals surface area contributed by atoms with Gasteiger partial charge in [0, 0.05) is 5.25 Å². The normalized spacial score (nSPS) is 12.7. The van der Waals surface area contributed by atoms with Crippen LogP contribution >= 0.6 is 23.8 Å². The third-order valence-electron chi connectivity index (χ3n) is 1.81. The monoisotopic (exact) mass is 369 g/mol. The molecule has 0 aromatic rings. The van der Waals surface area contributed by atoms with Gasteiger partial charge < -0.3 is 4.18 Å². The molecule has 1 N–H and O–H groups in total. The van der Waals surface area contributed by atoms with Crippen molar-refractivity contribution in [1.29, 1.82) is 0 Å². The van der Waals surface area contributed by atoms with E-state index in [0.29, 0.717) is 17.6 Å². The van der Waals surface area contributed by atoms with E-state index < -0.39 is 21.4 Å². The van der Waals surface area contributed by atoms with Crippen LogP contribution in [0, 0.1) is 0 Å². The summed E-state index contributed by atoms with van der Waals surface area (Å²) < 4.78 is 63.5. The zero-order valence-corrected chi connectivity index (χ0v) is 14.1. The van der Waals surface area contributed by atoms with Crippen LogP contribution in [0.2, 0.25) is 0 Å². The van der Waals surface area contributed by atoms with Gasteiger partial charge in [-0.2, -0.15) is 33.4 Å². The van der Waals surface area contributed by atoms with Crippen LogP contribution in [0.4, 0.5) is 13.2 Å². The summed E-state index contributed by atoms with van der Waals surface area (Å²) in [6, 6.07) is 0. The highest BCUT2D eigenvalue weighted by atomic mass is 32.2. The van der Waals surface area contributed by atoms with Gasteiger partial charge in [0.05, 0.1) is 12.4 Å². The van der Waals surface area contributed by atoms with Gasteiger partial charge in [0.2, 0.25) is 5.91 Å². The van der Waals surface area contributed by atoms with Crippen LogP contribution in [-0.4, -0.2) is 43.2 Å². The molecule has 0 radical (unpaired) electrons. The van der Waals surface area contributed by atoms with Crippen molar-refractivity contribution in [3.05, 3.63) is 0 Å². The fourth-order valence-electron chi connectivity index (χ4n) is 0.951. The van der Waals surface area contributed by atoms with Crippen LogP contribution in [-0.2, 0) is 19.0 Å². The minimum Gasteiger partial charge on any atom is -0.315 e. The Kier molecular flexibility index (Phi) is 9.74. The van der Waals surface area contributed by atoms with Crippen LogP contribution in [0.3, 0.4) is 0 Å². The van der Waals surface area contributed by atoms with E-state index in [1.165, 1.54) is 12.0 Å². The first-order chi connectivity index (χ1) is 9.56. The molecule has 0 bridgehead atoms. The number of sulfonamides is 1. The molecule has 0 fully saturated rings. The molecule has 1 amide bonds. The molecule has 0 atom stereocenters. The highest BCUT2D eigenvalue weighted by Gasteiger charge is 2.46. The Bertz CT molecular complexity index is 412. The zero-order chi connectivity index (χ0) is 16.5. The smallest absolute Gasteiger partial charge is 0.315 e. The molecule has 21 heavy (non-hydrogen) atoms. The Morgan fingerprint density at radius 3 is 2.43 bits per heavy atom. The van der Waals surface area contributed by atoms with E-state index in [0.717, 1.165) is 29.3 Å². The van der Waals surface area contributed by atoms with Crippen molar-refractivity contribution in [2.75, 3.05) is 18.1 Å². The second-order valence-corrected chi connectivity index (χ2v) is 8.35. The van der Waals surface area contributed by atoms with Gasteiger partial charge in [-0.25, -0.2) is 4.72 Å². The van der Waals surface area contributed by atoms with Gasteiger partial charge >= 0.3 is 15.5 Å². The molecule has 0 aliphatic rings. The fourth-order valence-corrected chi connectivity index (χ4v) is 2.83. The number of carbonyl (C=O) groups excluding carboxylic acids is 1. The molecule has 0 saturated carbocycles. The third kappa shape index (κ3) is 10.3. The van der Waals surface area contributed by atoms with E-state index in [1.54, 1.807) is 0 Å². The highest BCUT2D eigenvalue weighted by Crippen LogP contribution is 2.21. The molecular weight excluding hydrogens is 351 g/mol. The number of halogens is 3. The van der Waals surface area contributed by atoms with Crippen molar-refractivity contribution < 1.29 is 30.6 Å². The summed E-state index contributed by atoms with van der Waals surface area (Å²) in [6.07, 6.45) is 1.48. The standard InChI is InChI=1S/C10H18F3NO4S3/c1-8(2)20-18-5-3-4-6-19-7-9(15)14-21(16,17)10(11,12)13/h8H,3-7H2,1-2H3,(H,14,15). The van der Waals surface area contributed by atoms with Crippen molar-refractivity contribution in [2.24, 2.45) is 0 Å². The number of hydrogen-bond donors (Lipinski definition) is 1. The summed E-state index contributed by atoms with van der Waals surface area (Å²) in [5, 5.41) is 0.374. The molecule has 0 rings (SSSR count). The maximum absolute atomic E-state index is 12.0. The number of nitrogens with one attached hydrogen (secondary N) is 1. The van der Waals surface area contributed by atoms with Crippen LogP contribution in [0.1, 0.15) is 26.7 Å². The molecule has 0 spiro atoms. The molecule has 0 heterocycles. The molecule has 0 aliphatic heterocycles. The molecule has 0 aromatic carbocycles. The van der Waals surface area contributed by atoms with Crippen molar-refractivity contribution >= 4 is 39.7 Å². The summed E-state index contributed by atoms with van der Waals surface area (Å²) in [7, 11) is -5.60. The second-order valence-electron chi connectivity index (χ2n) is 4.20. The summed E-state index contributed by atoms with van der Waals surface area (Å²) >= 11 is 2.44. The summed E-state index contributed by atoms with van der Waals surface area (Å²) in [4.78, 5) is 11.1. The predicted octanol–water partition coefficient (Wildman–Crippen LogP) is 2.54. The number of carbonyl (C=O) groups is 1. The van der Waals surface area contributed by atoms with E-state index in [-0.39, 0.29) is 5.75 Å². The largest absolute Gasteiger partial charge is 0.516 e. The summed E-state index contributed by atoms with van der Waals surface area (Å²) in [5.41, 5.74) is -5.47. The topological polar surface area (TPSA) is 72.5 Å². The first kappa shape index (κ1) is 20.9. The van der Waals surface area contributed by atoms with Crippen molar-refractivity contribution in [2.45, 2.75) is 37.4 Å². The Balaban J connectivity index is 3.68. The van der Waals surface area contributed by atoms with E-state index >= 15 is 0 Å². The number of rotatable bonds is 10. The zero-order valence-electron chi connectivity index (χ0n) is 11.6. The molecular formula is C10H18F3NO4S3. The van der Waals surface area contributed by atoms with Gasteiger partial charge in [0.25, 0.3) is 0 Å². The number of alkyl halides is 3. The second kappa shape index (κ2) is 9.80. The molecule has 0 aliphatic carbocycles. The van der Waals surface area contributed by atoms with Gasteiger partial charge in [0.15, 0.2) is 0 Å². The van der Waals surface area contributed by atoms with Crippen molar-refractivity contribution in [1.82, 2.24) is 4.72 Å². The first-order valence-corrected chi connectivity index (χ1v) is 9.48. The van der Waals surface area contributed by atoms with Crippen LogP contribution < -0.4 is 4.72 Å². The van der Waals surface area contributed by atoms with Gasteiger partial charge in [-0.1, -0.05) is 13.8 Å². The van der Waals surface area contributed by atoms with Gasteiger partial charge in [-0.3, -0.25) is 4.79 Å². The van der Waals surface area contributed by atoms with E-state index in [1.807, 2.05) is 13.8 Å². The van der Waals surface area contributed by atoms with E-state index in [9.17, 15) is 26.4 Å². The van der Waals surface area contributed by atoms with Crippen LogP contribution in [0.15, 0.2) is 0 Å². The van der Waals surface area contributed by atoms with Crippen LogP contribution in [0.5, 0.6) is 0 Å². The van der Waals surface area contributed by atoms with E-state index in [4.69, 9.17) is 4.18 Å². The van der Waals surface area contributed by atoms with E-state index in [2.05, 4.69) is 0 Å². The van der Waals surface area contributed by atoms with Crippen molar-refractivity contribution in [3.63, 3.8) is 0 Å². The van der Waals surface area contributed by atoms with Crippen LogP contribution in [0.25, 0.3) is 0 Å². The first-order valence-electron chi connectivity index (χ1n) is 6.04. The third-order valence-corrected chi connectivity index (χ3v) is 4.65. The van der Waals surface area contributed by atoms with Gasteiger partial charge in [-0.05, 0) is 30.6 Å². The Labute approximate surface area is 131 Å². The summed E-state index contributed by atoms with van der Waals surface area (Å²) in [5.74, 6) is -0.976. The number of unbranched alkanes of at least 4 members (excludes halogenated alkanes) is 1. The minimum absolute atomic E-state index is 0.336. The molecule has 126 valence electrons.